The molecule has 1 aromatic heterocycles. The van der Waals surface area contributed by atoms with Crippen LogP contribution in [-0.4, -0.2) is 33.8 Å². The van der Waals surface area contributed by atoms with Crippen LogP contribution in [-0.2, 0) is 4.74 Å². The zero-order chi connectivity index (χ0) is 24.5. The summed E-state index contributed by atoms with van der Waals surface area (Å²) in [7, 11) is 0. The third kappa shape index (κ3) is 4.31. The molecule has 0 bridgehead atoms. The summed E-state index contributed by atoms with van der Waals surface area (Å²) in [6.45, 7) is 1.35. The van der Waals surface area contributed by atoms with Crippen molar-refractivity contribution in [1.29, 1.82) is 0 Å². The van der Waals surface area contributed by atoms with Crippen LogP contribution in [0, 0.1) is 11.6 Å². The molecule has 8 heteroatoms. The lowest BCUT2D eigenvalue weighted by molar-refractivity contribution is 0.0864. The first kappa shape index (κ1) is 22.3. The molecule has 0 saturated carbocycles. The van der Waals surface area contributed by atoms with E-state index in [2.05, 4.69) is 10.3 Å². The number of rotatable bonds is 4. The van der Waals surface area contributed by atoms with E-state index in [1.54, 1.807) is 18.5 Å². The van der Waals surface area contributed by atoms with Crippen LogP contribution in [0.2, 0.25) is 0 Å². The molecular formula is C28H23F2N5O. The van der Waals surface area contributed by atoms with Gasteiger partial charge in [0.25, 0.3) is 0 Å². The second kappa shape index (κ2) is 9.47. The first-order chi connectivity index (χ1) is 17.7. The molecule has 1 fully saturated rings. The predicted octanol–water partition coefficient (Wildman–Crippen LogP) is 5.63. The number of hydrogen-bond acceptors (Lipinski definition) is 5. The molecule has 180 valence electrons. The zero-order valence-corrected chi connectivity index (χ0v) is 19.4. The number of benzene rings is 3. The van der Waals surface area contributed by atoms with Crippen molar-refractivity contribution in [2.45, 2.75) is 18.9 Å². The van der Waals surface area contributed by atoms with Gasteiger partial charge in [-0.05, 0) is 61.4 Å². The van der Waals surface area contributed by atoms with E-state index in [0.29, 0.717) is 24.6 Å². The van der Waals surface area contributed by atoms with Crippen LogP contribution in [0.25, 0.3) is 28.1 Å². The molecule has 0 radical (unpaired) electrons. The van der Waals surface area contributed by atoms with Crippen molar-refractivity contribution in [2.24, 2.45) is 4.99 Å². The van der Waals surface area contributed by atoms with Crippen LogP contribution in [0.5, 0.6) is 0 Å². The number of para-hydroxylation sites is 2. The number of ether oxygens (including phenoxy) is 1. The summed E-state index contributed by atoms with van der Waals surface area (Å²) in [4.78, 5) is 14.2. The molecule has 1 N–H and O–H groups in total. The molecule has 6 nitrogen and oxygen atoms in total. The Morgan fingerprint density at radius 1 is 0.944 bits per heavy atom. The fraction of sp³-hybridized carbons (Fsp3) is 0.179. The lowest BCUT2D eigenvalue weighted by Crippen LogP contribution is -2.23. The largest absolute Gasteiger partial charge is 0.381 e. The third-order valence-corrected chi connectivity index (χ3v) is 6.31. The normalized spacial score (nSPS) is 15.0. The van der Waals surface area contributed by atoms with E-state index < -0.39 is 11.6 Å². The summed E-state index contributed by atoms with van der Waals surface area (Å²) in [5.41, 5.74) is 5.06. The summed E-state index contributed by atoms with van der Waals surface area (Å²) in [5, 5.41) is 4.19. The summed E-state index contributed by atoms with van der Waals surface area (Å²) in [6, 6.07) is 19.4. The molecule has 6 rings (SSSR count). The fourth-order valence-electron chi connectivity index (χ4n) is 4.55. The lowest BCUT2D eigenvalue weighted by Gasteiger charge is -2.22. The Morgan fingerprint density at radius 2 is 1.81 bits per heavy atom. The maximum atomic E-state index is 14.3. The Hall–Kier alpha value is -4.17. The Labute approximate surface area is 206 Å². The SMILES string of the molecule is Fc1ccc(-n2c3cc(=NC4CCOCC4)c(Nc4cccnc4)cc-3nc3ccccc32)cc1F. The summed E-state index contributed by atoms with van der Waals surface area (Å²) < 4.78 is 35.5. The minimum atomic E-state index is -0.906. The molecule has 2 aromatic carbocycles. The van der Waals surface area contributed by atoms with E-state index in [0.717, 1.165) is 52.4 Å². The highest BCUT2D eigenvalue weighted by Gasteiger charge is 2.19. The molecule has 36 heavy (non-hydrogen) atoms. The highest BCUT2D eigenvalue weighted by molar-refractivity contribution is 5.84. The first-order valence-electron chi connectivity index (χ1n) is 11.9. The summed E-state index contributed by atoms with van der Waals surface area (Å²) in [5.74, 6) is -1.80. The number of halogens is 2. The monoisotopic (exact) mass is 483 g/mol. The Balaban J connectivity index is 1.63. The molecule has 3 aromatic rings. The van der Waals surface area contributed by atoms with E-state index in [-0.39, 0.29) is 6.04 Å². The average Bonchev–Trinajstić information content (AvgIpc) is 2.91. The molecule has 3 heterocycles. The highest BCUT2D eigenvalue weighted by atomic mass is 19.2. The molecule has 3 aliphatic rings. The van der Waals surface area contributed by atoms with Gasteiger partial charge in [-0.15, -0.1) is 0 Å². The molecule has 1 saturated heterocycles. The molecule has 0 unspecified atom stereocenters. The van der Waals surface area contributed by atoms with Crippen molar-refractivity contribution in [2.75, 3.05) is 18.5 Å². The van der Waals surface area contributed by atoms with Gasteiger partial charge in [0.05, 0.1) is 51.4 Å². The Kier molecular flexibility index (Phi) is 5.87. The van der Waals surface area contributed by atoms with Gasteiger partial charge >= 0.3 is 0 Å². The van der Waals surface area contributed by atoms with Crippen LogP contribution < -0.4 is 10.7 Å². The average molecular weight is 484 g/mol. The zero-order valence-electron chi connectivity index (χ0n) is 19.4. The smallest absolute Gasteiger partial charge is 0.160 e. The molecule has 0 amide bonds. The topological polar surface area (TPSA) is 64.3 Å². The minimum absolute atomic E-state index is 0.121. The first-order valence-corrected chi connectivity index (χ1v) is 11.9. The Bertz CT molecular complexity index is 1580. The van der Waals surface area contributed by atoms with Crippen molar-refractivity contribution in [3.63, 3.8) is 0 Å². The van der Waals surface area contributed by atoms with Gasteiger partial charge < -0.3 is 14.6 Å². The van der Waals surface area contributed by atoms with E-state index in [9.17, 15) is 8.78 Å². The number of anilines is 2. The molecule has 0 atom stereocenters. The van der Waals surface area contributed by atoms with E-state index in [1.165, 1.54) is 6.07 Å². The standard InChI is InChI=1S/C28H23F2N5O/c29-21-8-7-20(14-22(21)30)35-27-6-2-1-5-23(27)34-26-15-24(33-19-4-3-11-31-17-19)25(16-28(26)35)32-18-9-12-36-13-10-18/h1-8,11,14-18,33H,9-10,12-13H2. The van der Waals surface area contributed by atoms with Gasteiger partial charge in [-0.1, -0.05) is 12.1 Å². The van der Waals surface area contributed by atoms with Gasteiger partial charge in [-0.3, -0.25) is 9.98 Å². The number of aromatic nitrogens is 3. The number of hydrogen-bond donors (Lipinski definition) is 1. The van der Waals surface area contributed by atoms with Gasteiger partial charge in [0, 0.05) is 31.2 Å². The van der Waals surface area contributed by atoms with Gasteiger partial charge in [-0.25, -0.2) is 13.8 Å². The molecule has 0 spiro atoms. The fourth-order valence-corrected chi connectivity index (χ4v) is 4.55. The number of nitrogens with zero attached hydrogens (tertiary/aromatic N) is 4. The van der Waals surface area contributed by atoms with Crippen molar-refractivity contribution in [3.8, 4) is 17.1 Å². The Morgan fingerprint density at radius 3 is 2.61 bits per heavy atom. The van der Waals surface area contributed by atoms with Crippen LogP contribution in [0.15, 0.2) is 84.1 Å². The van der Waals surface area contributed by atoms with Crippen molar-refractivity contribution >= 4 is 22.4 Å². The molecule has 1 aliphatic carbocycles. The second-order valence-electron chi connectivity index (χ2n) is 8.73. The van der Waals surface area contributed by atoms with Gasteiger partial charge in [-0.2, -0.15) is 0 Å². The third-order valence-electron chi connectivity index (χ3n) is 6.31. The van der Waals surface area contributed by atoms with E-state index in [4.69, 9.17) is 14.7 Å². The minimum Gasteiger partial charge on any atom is -0.381 e. The van der Waals surface area contributed by atoms with Gasteiger partial charge in [0.1, 0.15) is 0 Å². The number of fused-ring (bicyclic) bond motifs is 2. The number of pyridine rings is 1. The van der Waals surface area contributed by atoms with Crippen molar-refractivity contribution in [1.82, 2.24) is 14.5 Å². The summed E-state index contributed by atoms with van der Waals surface area (Å²) in [6.07, 6.45) is 5.14. The summed E-state index contributed by atoms with van der Waals surface area (Å²) >= 11 is 0. The predicted molar refractivity (Wildman–Crippen MR) is 135 cm³/mol. The van der Waals surface area contributed by atoms with Crippen LogP contribution >= 0.6 is 0 Å². The van der Waals surface area contributed by atoms with Crippen molar-refractivity contribution in [3.05, 3.63) is 96.1 Å². The number of nitrogens with one attached hydrogen (secondary N) is 1. The van der Waals surface area contributed by atoms with Crippen LogP contribution in [0.4, 0.5) is 20.2 Å². The van der Waals surface area contributed by atoms with Crippen LogP contribution in [0.3, 0.4) is 0 Å². The van der Waals surface area contributed by atoms with Gasteiger partial charge in [0.15, 0.2) is 11.6 Å². The molecular weight excluding hydrogens is 460 g/mol. The quantitative estimate of drug-likeness (QED) is 0.337. The second-order valence-corrected chi connectivity index (χ2v) is 8.73. The highest BCUT2D eigenvalue weighted by Crippen LogP contribution is 2.31. The van der Waals surface area contributed by atoms with E-state index in [1.807, 2.05) is 53.1 Å². The van der Waals surface area contributed by atoms with E-state index >= 15 is 0 Å². The maximum absolute atomic E-state index is 14.3. The molecule has 2 aliphatic heterocycles. The maximum Gasteiger partial charge on any atom is 0.160 e. The van der Waals surface area contributed by atoms with Crippen LogP contribution in [0.1, 0.15) is 12.8 Å². The van der Waals surface area contributed by atoms with Crippen molar-refractivity contribution < 1.29 is 13.5 Å². The van der Waals surface area contributed by atoms with Gasteiger partial charge in [0.2, 0.25) is 0 Å². The lowest BCUT2D eigenvalue weighted by atomic mass is 10.1.